The first-order valence-corrected chi connectivity index (χ1v) is 15.5. The molecular weight excluding hydrogens is 596 g/mol. The first-order chi connectivity index (χ1) is 21.8. The van der Waals surface area contributed by atoms with Crippen LogP contribution in [0.15, 0.2) is 59.1 Å². The van der Waals surface area contributed by atoms with Crippen molar-refractivity contribution in [2.75, 3.05) is 32.9 Å². The zero-order valence-electron chi connectivity index (χ0n) is 25.7. The lowest BCUT2D eigenvalue weighted by Crippen LogP contribution is -2.54. The highest BCUT2D eigenvalue weighted by Gasteiger charge is 2.27. The number of likely N-dealkylation sites (tertiary alicyclic amines) is 1. The smallest absolute Gasteiger partial charge is 0.241 e. The number of benzene rings is 3. The normalized spacial score (nSPS) is 14.6. The van der Waals surface area contributed by atoms with Gasteiger partial charge in [0.25, 0.3) is 0 Å². The molecule has 240 valence electrons. The van der Waals surface area contributed by atoms with E-state index in [0.717, 1.165) is 64.9 Å². The van der Waals surface area contributed by atoms with E-state index >= 15 is 0 Å². The summed E-state index contributed by atoms with van der Waals surface area (Å²) in [5, 5.41) is 46.1. The van der Waals surface area contributed by atoms with Gasteiger partial charge in [0.2, 0.25) is 11.7 Å². The quantitative estimate of drug-likeness (QED) is 0.146. The molecule has 1 aliphatic rings. The Labute approximate surface area is 268 Å². The third-order valence-corrected chi connectivity index (χ3v) is 8.95. The molecule has 11 heteroatoms. The van der Waals surface area contributed by atoms with E-state index in [0.29, 0.717) is 42.2 Å². The molecule has 0 amide bonds. The fourth-order valence-corrected chi connectivity index (χ4v) is 5.79. The molecule has 0 spiro atoms. The molecule has 1 aliphatic heterocycles. The second-order valence-corrected chi connectivity index (χ2v) is 12.2. The van der Waals surface area contributed by atoms with Gasteiger partial charge in [-0.1, -0.05) is 59.2 Å². The minimum Gasteiger partial charge on any atom is -0.487 e. The number of aliphatic hydroxyl groups is 4. The van der Waals surface area contributed by atoms with Crippen LogP contribution >= 0.6 is 11.6 Å². The van der Waals surface area contributed by atoms with Crippen molar-refractivity contribution in [2.24, 2.45) is 0 Å². The van der Waals surface area contributed by atoms with Gasteiger partial charge in [0, 0.05) is 25.2 Å². The number of rotatable bonds is 13. The number of nitrogens with one attached hydrogen (secondary N) is 1. The first kappa shape index (κ1) is 33.0. The van der Waals surface area contributed by atoms with Crippen molar-refractivity contribution in [1.29, 1.82) is 0 Å². The van der Waals surface area contributed by atoms with Crippen LogP contribution in [-0.4, -0.2) is 80.0 Å². The van der Waals surface area contributed by atoms with Crippen molar-refractivity contribution in [3.63, 3.8) is 0 Å². The molecular formula is C34H41ClN4O6. The largest absolute Gasteiger partial charge is 0.487 e. The maximum Gasteiger partial charge on any atom is 0.241 e. The average Bonchev–Trinajstić information content (AvgIpc) is 3.51. The Balaban J connectivity index is 1.28. The maximum atomic E-state index is 9.78. The van der Waals surface area contributed by atoms with Crippen LogP contribution in [0, 0.1) is 13.8 Å². The summed E-state index contributed by atoms with van der Waals surface area (Å²) < 4.78 is 11.7. The molecule has 0 aliphatic carbocycles. The van der Waals surface area contributed by atoms with Crippen LogP contribution in [0.25, 0.3) is 22.5 Å². The molecule has 1 aromatic heterocycles. The molecule has 1 fully saturated rings. The Hall–Kier alpha value is -3.35. The lowest BCUT2D eigenvalue weighted by Gasteiger charge is -2.29. The van der Waals surface area contributed by atoms with E-state index in [9.17, 15) is 20.4 Å². The number of piperidine rings is 1. The standard InChI is InChI=1S/C34H41ClN4O6/c1-22-25(18-44-31-10-9-24(15-30(31)35)16-36-34(19-40,20-41)21-42)5-3-6-27(22)28-7-4-8-29(23(28)2)33-37-32(45-38-33)17-39-13-11-26(43)12-14-39/h3-10,15,26,36,40-43H,11-14,16-21H2,1-2H3. The number of aromatic nitrogens is 2. The lowest BCUT2D eigenvalue weighted by molar-refractivity contribution is 0.0414. The highest BCUT2D eigenvalue weighted by atomic mass is 35.5. The maximum absolute atomic E-state index is 9.78. The third-order valence-electron chi connectivity index (χ3n) is 8.65. The van der Waals surface area contributed by atoms with E-state index in [4.69, 9.17) is 25.8 Å². The van der Waals surface area contributed by atoms with Crippen molar-refractivity contribution in [2.45, 2.75) is 58.0 Å². The van der Waals surface area contributed by atoms with Gasteiger partial charge in [-0.15, -0.1) is 0 Å². The van der Waals surface area contributed by atoms with Crippen molar-refractivity contribution in [3.8, 4) is 28.3 Å². The lowest BCUT2D eigenvalue weighted by atomic mass is 9.91. The van der Waals surface area contributed by atoms with E-state index in [1.807, 2.05) is 30.3 Å². The summed E-state index contributed by atoms with van der Waals surface area (Å²) in [5.74, 6) is 1.66. The van der Waals surface area contributed by atoms with Crippen LogP contribution in [0.1, 0.15) is 41.0 Å². The Morgan fingerprint density at radius 3 is 2.31 bits per heavy atom. The van der Waals surface area contributed by atoms with E-state index in [-0.39, 0.29) is 6.10 Å². The SMILES string of the molecule is Cc1c(COc2ccc(CNC(CO)(CO)CO)cc2Cl)cccc1-c1cccc(-c2noc(CN3CCC(O)CC3)n2)c1C. The van der Waals surface area contributed by atoms with Gasteiger partial charge in [-0.2, -0.15) is 4.98 Å². The second kappa shape index (κ2) is 14.8. The van der Waals surface area contributed by atoms with Crippen LogP contribution in [0.3, 0.4) is 0 Å². The Morgan fingerprint density at radius 1 is 0.956 bits per heavy atom. The number of ether oxygens (including phenoxy) is 1. The second-order valence-electron chi connectivity index (χ2n) is 11.7. The summed E-state index contributed by atoms with van der Waals surface area (Å²) in [4.78, 5) is 6.92. The number of aliphatic hydroxyl groups excluding tert-OH is 4. The van der Waals surface area contributed by atoms with E-state index in [2.05, 4.69) is 41.4 Å². The molecule has 0 bridgehead atoms. The molecule has 10 nitrogen and oxygen atoms in total. The Kier molecular flexibility index (Phi) is 10.9. The molecule has 0 radical (unpaired) electrons. The summed E-state index contributed by atoms with van der Waals surface area (Å²) in [6.07, 6.45) is 1.29. The molecule has 45 heavy (non-hydrogen) atoms. The molecule has 3 aromatic carbocycles. The summed E-state index contributed by atoms with van der Waals surface area (Å²) in [6.45, 7) is 5.75. The van der Waals surface area contributed by atoms with E-state index in [1.54, 1.807) is 12.1 Å². The zero-order chi connectivity index (χ0) is 32.0. The van der Waals surface area contributed by atoms with Crippen LogP contribution in [0.5, 0.6) is 5.75 Å². The fourth-order valence-electron chi connectivity index (χ4n) is 5.53. The Morgan fingerprint density at radius 2 is 1.62 bits per heavy atom. The van der Waals surface area contributed by atoms with Gasteiger partial charge in [0.15, 0.2) is 0 Å². The molecule has 0 atom stereocenters. The minimum absolute atomic E-state index is 0.225. The van der Waals surface area contributed by atoms with Gasteiger partial charge in [0.1, 0.15) is 12.4 Å². The van der Waals surface area contributed by atoms with Crippen molar-refractivity contribution in [3.05, 3.63) is 87.8 Å². The monoisotopic (exact) mass is 636 g/mol. The summed E-state index contributed by atoms with van der Waals surface area (Å²) >= 11 is 6.54. The summed E-state index contributed by atoms with van der Waals surface area (Å²) in [5.41, 5.74) is 5.87. The van der Waals surface area contributed by atoms with Crippen LogP contribution < -0.4 is 10.1 Å². The average molecular weight is 637 g/mol. The van der Waals surface area contributed by atoms with Gasteiger partial charge >= 0.3 is 0 Å². The first-order valence-electron chi connectivity index (χ1n) is 15.2. The van der Waals surface area contributed by atoms with Crippen molar-refractivity contribution >= 4 is 11.6 Å². The highest BCUT2D eigenvalue weighted by Crippen LogP contribution is 2.34. The van der Waals surface area contributed by atoms with Crippen LogP contribution in [-0.2, 0) is 19.7 Å². The number of hydrogen-bond acceptors (Lipinski definition) is 10. The summed E-state index contributed by atoms with van der Waals surface area (Å²) in [7, 11) is 0. The third kappa shape index (κ3) is 7.73. The molecule has 1 saturated heterocycles. The highest BCUT2D eigenvalue weighted by molar-refractivity contribution is 6.32. The predicted molar refractivity (Wildman–Crippen MR) is 172 cm³/mol. The molecule has 0 saturated carbocycles. The number of nitrogens with zero attached hydrogens (tertiary/aromatic N) is 3. The topological polar surface area (TPSA) is 144 Å². The molecule has 5 N–H and O–H groups in total. The van der Waals surface area contributed by atoms with Crippen molar-refractivity contribution in [1.82, 2.24) is 20.4 Å². The number of hydrogen-bond donors (Lipinski definition) is 5. The van der Waals surface area contributed by atoms with Gasteiger partial charge in [-0.3, -0.25) is 4.90 Å². The van der Waals surface area contributed by atoms with Crippen LogP contribution in [0.4, 0.5) is 0 Å². The Bertz CT molecular complexity index is 1570. The zero-order valence-corrected chi connectivity index (χ0v) is 26.4. The van der Waals surface area contributed by atoms with Gasteiger partial charge in [0.05, 0.1) is 43.0 Å². The predicted octanol–water partition coefficient (Wildman–Crippen LogP) is 4.01. The molecule has 4 aromatic rings. The summed E-state index contributed by atoms with van der Waals surface area (Å²) in [6, 6.07) is 17.7. The van der Waals surface area contributed by atoms with Crippen LogP contribution in [0.2, 0.25) is 5.02 Å². The van der Waals surface area contributed by atoms with Gasteiger partial charge in [-0.05, 0) is 72.2 Å². The molecule has 2 heterocycles. The van der Waals surface area contributed by atoms with E-state index in [1.165, 1.54) is 0 Å². The van der Waals surface area contributed by atoms with Gasteiger partial charge < -0.3 is 35.0 Å². The fraction of sp³-hybridized carbons (Fsp3) is 0.412. The number of halogens is 1. The molecule has 0 unspecified atom stereocenters. The van der Waals surface area contributed by atoms with Crippen molar-refractivity contribution < 1.29 is 29.7 Å². The molecule has 5 rings (SSSR count). The van der Waals surface area contributed by atoms with Gasteiger partial charge in [-0.25, -0.2) is 0 Å². The minimum atomic E-state index is -1.17. The van der Waals surface area contributed by atoms with E-state index < -0.39 is 25.4 Å².